The van der Waals surface area contributed by atoms with E-state index in [-0.39, 0.29) is 0 Å². The van der Waals surface area contributed by atoms with Crippen molar-refractivity contribution in [3.05, 3.63) is 29.5 Å². The van der Waals surface area contributed by atoms with Gasteiger partial charge in [-0.3, -0.25) is 0 Å². The fourth-order valence-electron chi connectivity index (χ4n) is 1.72. The van der Waals surface area contributed by atoms with E-state index in [0.29, 0.717) is 0 Å². The van der Waals surface area contributed by atoms with Crippen LogP contribution < -0.4 is 4.74 Å². The Kier molecular flexibility index (Phi) is 2.20. The summed E-state index contributed by atoms with van der Waals surface area (Å²) in [6.07, 6.45) is 0. The zero-order chi connectivity index (χ0) is 10.1. The van der Waals surface area contributed by atoms with Gasteiger partial charge < -0.3 is 9.72 Å². The Morgan fingerprint density at radius 1 is 1.21 bits per heavy atom. The number of fused-ring (bicyclic) bond motifs is 1. The average molecular weight is 189 g/mol. The predicted octanol–water partition coefficient (Wildman–Crippen LogP) is 3.18. The molecule has 0 fully saturated rings. The SMILES string of the molecule is CCOc1cc2cc(C)[nH]c2cc1C. The highest BCUT2D eigenvalue weighted by Crippen LogP contribution is 2.25. The van der Waals surface area contributed by atoms with Crippen LogP contribution in [0.4, 0.5) is 0 Å². The molecule has 0 aliphatic rings. The van der Waals surface area contributed by atoms with Crippen molar-refractivity contribution >= 4 is 10.9 Å². The van der Waals surface area contributed by atoms with Gasteiger partial charge in [-0.15, -0.1) is 0 Å². The van der Waals surface area contributed by atoms with Gasteiger partial charge in [-0.1, -0.05) is 0 Å². The molecule has 0 saturated carbocycles. The smallest absolute Gasteiger partial charge is 0.122 e. The molecule has 2 rings (SSSR count). The minimum absolute atomic E-state index is 0.718. The van der Waals surface area contributed by atoms with Crippen molar-refractivity contribution in [1.82, 2.24) is 4.98 Å². The Hall–Kier alpha value is -1.44. The van der Waals surface area contributed by atoms with Crippen LogP contribution in [0.25, 0.3) is 10.9 Å². The molecule has 0 atom stereocenters. The summed E-state index contributed by atoms with van der Waals surface area (Å²) in [5.74, 6) is 0.985. The molecule has 0 spiro atoms. The van der Waals surface area contributed by atoms with E-state index in [1.54, 1.807) is 0 Å². The van der Waals surface area contributed by atoms with Gasteiger partial charge in [-0.25, -0.2) is 0 Å². The highest BCUT2D eigenvalue weighted by molar-refractivity contribution is 5.83. The molecule has 0 amide bonds. The molecule has 14 heavy (non-hydrogen) atoms. The van der Waals surface area contributed by atoms with Gasteiger partial charge in [-0.2, -0.15) is 0 Å². The number of hydrogen-bond donors (Lipinski definition) is 1. The summed E-state index contributed by atoms with van der Waals surface area (Å²) in [6.45, 7) is 6.86. The Balaban J connectivity index is 2.58. The fraction of sp³-hybridized carbons (Fsp3) is 0.333. The maximum absolute atomic E-state index is 5.54. The molecule has 2 heteroatoms. The summed E-state index contributed by atoms with van der Waals surface area (Å²) in [5.41, 5.74) is 3.55. The fourth-order valence-corrected chi connectivity index (χ4v) is 1.72. The number of benzene rings is 1. The summed E-state index contributed by atoms with van der Waals surface area (Å²) < 4.78 is 5.54. The Labute approximate surface area is 83.9 Å². The number of nitrogens with one attached hydrogen (secondary N) is 1. The van der Waals surface area contributed by atoms with Gasteiger partial charge in [0.25, 0.3) is 0 Å². The van der Waals surface area contributed by atoms with Gasteiger partial charge in [0, 0.05) is 16.6 Å². The normalized spacial score (nSPS) is 10.8. The van der Waals surface area contributed by atoms with Gasteiger partial charge in [-0.05, 0) is 44.5 Å². The lowest BCUT2D eigenvalue weighted by Gasteiger charge is -2.06. The van der Waals surface area contributed by atoms with E-state index in [9.17, 15) is 0 Å². The number of aromatic nitrogens is 1. The van der Waals surface area contributed by atoms with Gasteiger partial charge in [0.15, 0.2) is 0 Å². The van der Waals surface area contributed by atoms with Gasteiger partial charge >= 0.3 is 0 Å². The summed E-state index contributed by atoms with van der Waals surface area (Å²) in [4.78, 5) is 3.31. The van der Waals surface area contributed by atoms with E-state index in [2.05, 4.69) is 37.0 Å². The van der Waals surface area contributed by atoms with Crippen LogP contribution >= 0.6 is 0 Å². The largest absolute Gasteiger partial charge is 0.494 e. The topological polar surface area (TPSA) is 25.0 Å². The molecule has 0 bridgehead atoms. The van der Waals surface area contributed by atoms with E-state index in [1.807, 2.05) is 6.92 Å². The minimum atomic E-state index is 0.718. The Morgan fingerprint density at radius 3 is 2.71 bits per heavy atom. The van der Waals surface area contributed by atoms with Crippen molar-refractivity contribution in [2.75, 3.05) is 6.61 Å². The van der Waals surface area contributed by atoms with Crippen LogP contribution in [0, 0.1) is 13.8 Å². The first-order chi connectivity index (χ1) is 6.70. The van der Waals surface area contributed by atoms with Gasteiger partial charge in [0.05, 0.1) is 6.61 Å². The molecular formula is C12H15NO. The second-order valence-corrected chi connectivity index (χ2v) is 3.59. The molecule has 1 heterocycles. The van der Waals surface area contributed by atoms with E-state index >= 15 is 0 Å². The zero-order valence-corrected chi connectivity index (χ0v) is 8.85. The van der Waals surface area contributed by atoms with Crippen LogP contribution in [0.5, 0.6) is 5.75 Å². The second kappa shape index (κ2) is 3.37. The zero-order valence-electron chi connectivity index (χ0n) is 8.85. The predicted molar refractivity (Wildman–Crippen MR) is 58.9 cm³/mol. The lowest BCUT2D eigenvalue weighted by atomic mass is 10.1. The molecular weight excluding hydrogens is 174 g/mol. The highest BCUT2D eigenvalue weighted by atomic mass is 16.5. The van der Waals surface area contributed by atoms with E-state index in [0.717, 1.165) is 12.4 Å². The summed E-state index contributed by atoms with van der Waals surface area (Å²) >= 11 is 0. The number of rotatable bonds is 2. The van der Waals surface area contributed by atoms with Gasteiger partial charge in [0.2, 0.25) is 0 Å². The Morgan fingerprint density at radius 2 is 2.00 bits per heavy atom. The maximum atomic E-state index is 5.54. The van der Waals surface area contributed by atoms with Crippen molar-refractivity contribution in [3.63, 3.8) is 0 Å². The van der Waals surface area contributed by atoms with E-state index in [4.69, 9.17) is 4.74 Å². The van der Waals surface area contributed by atoms with Crippen molar-refractivity contribution in [2.24, 2.45) is 0 Å². The average Bonchev–Trinajstić information content (AvgIpc) is 2.45. The summed E-state index contributed by atoms with van der Waals surface area (Å²) in [5, 5.41) is 1.22. The van der Waals surface area contributed by atoms with Crippen molar-refractivity contribution < 1.29 is 4.74 Å². The third kappa shape index (κ3) is 1.48. The van der Waals surface area contributed by atoms with Crippen LogP contribution in [0.3, 0.4) is 0 Å². The van der Waals surface area contributed by atoms with Crippen LogP contribution in [-0.4, -0.2) is 11.6 Å². The molecule has 2 aromatic rings. The quantitative estimate of drug-likeness (QED) is 0.771. The Bertz CT molecular complexity index is 457. The lowest BCUT2D eigenvalue weighted by molar-refractivity contribution is 0.338. The van der Waals surface area contributed by atoms with Crippen LogP contribution in [0.15, 0.2) is 18.2 Å². The molecule has 0 radical (unpaired) electrons. The lowest BCUT2D eigenvalue weighted by Crippen LogP contribution is -1.93. The standard InChI is InChI=1S/C12H15NO/c1-4-14-12-7-10-6-9(3)13-11(10)5-8(12)2/h5-7,13H,4H2,1-3H3. The molecule has 0 saturated heterocycles. The number of H-pyrrole nitrogens is 1. The number of hydrogen-bond acceptors (Lipinski definition) is 1. The first kappa shape index (κ1) is 9.13. The third-order valence-corrected chi connectivity index (χ3v) is 2.35. The number of aromatic amines is 1. The number of ether oxygens (including phenoxy) is 1. The summed E-state index contributed by atoms with van der Waals surface area (Å²) in [7, 11) is 0. The molecule has 1 aromatic carbocycles. The van der Waals surface area contributed by atoms with E-state index < -0.39 is 0 Å². The van der Waals surface area contributed by atoms with Crippen molar-refractivity contribution in [3.8, 4) is 5.75 Å². The first-order valence-corrected chi connectivity index (χ1v) is 4.93. The molecule has 0 aliphatic carbocycles. The van der Waals surface area contributed by atoms with Crippen molar-refractivity contribution in [1.29, 1.82) is 0 Å². The van der Waals surface area contributed by atoms with Crippen LogP contribution in [0.1, 0.15) is 18.2 Å². The van der Waals surface area contributed by atoms with Crippen LogP contribution in [-0.2, 0) is 0 Å². The molecule has 1 aromatic heterocycles. The molecule has 1 N–H and O–H groups in total. The molecule has 0 aliphatic heterocycles. The highest BCUT2D eigenvalue weighted by Gasteiger charge is 2.03. The van der Waals surface area contributed by atoms with Gasteiger partial charge in [0.1, 0.15) is 5.75 Å². The molecule has 0 unspecified atom stereocenters. The minimum Gasteiger partial charge on any atom is -0.494 e. The molecule has 2 nitrogen and oxygen atoms in total. The molecule has 74 valence electrons. The van der Waals surface area contributed by atoms with Crippen molar-refractivity contribution in [2.45, 2.75) is 20.8 Å². The maximum Gasteiger partial charge on any atom is 0.122 e. The first-order valence-electron chi connectivity index (χ1n) is 4.93. The third-order valence-electron chi connectivity index (χ3n) is 2.35. The van der Waals surface area contributed by atoms with Crippen LogP contribution in [0.2, 0.25) is 0 Å². The van der Waals surface area contributed by atoms with E-state index in [1.165, 1.54) is 22.2 Å². The second-order valence-electron chi connectivity index (χ2n) is 3.59. The monoisotopic (exact) mass is 189 g/mol. The number of aryl methyl sites for hydroxylation is 2. The summed E-state index contributed by atoms with van der Waals surface area (Å²) in [6, 6.07) is 6.36.